The Bertz CT molecular complexity index is 4370. The molecule has 0 radical (unpaired) electrons. The minimum absolute atomic E-state index is 0.0266. The second-order valence-electron chi connectivity index (χ2n) is 30.7. The monoisotopic (exact) mass is 1120 g/mol. The molecule has 0 saturated heterocycles. The van der Waals surface area contributed by atoms with Gasteiger partial charge >= 0.3 is 0 Å². The van der Waals surface area contributed by atoms with E-state index in [1.54, 1.807) is 0 Å². The van der Waals surface area contributed by atoms with Gasteiger partial charge in [-0.05, 0) is 136 Å². The quantitative estimate of drug-likeness (QED) is 0.102. The van der Waals surface area contributed by atoms with Gasteiger partial charge in [0.2, 0.25) is 0 Å². The van der Waals surface area contributed by atoms with Gasteiger partial charge in [0.25, 0.3) is 6.71 Å². The van der Waals surface area contributed by atoms with E-state index in [0.29, 0.717) is 23.3 Å². The Morgan fingerprint density at radius 2 is 0.776 bits per heavy atom. The average Bonchev–Trinajstić information content (AvgIpc) is 1.62. The molecule has 2 N–H and O–H groups in total. The fourth-order valence-electron chi connectivity index (χ4n) is 13.4. The molecule has 8 heteroatoms. The van der Waals surface area contributed by atoms with Gasteiger partial charge in [-0.1, -0.05) is 216 Å². The van der Waals surface area contributed by atoms with Gasteiger partial charge in [0.05, 0.1) is 11.0 Å². The van der Waals surface area contributed by atoms with E-state index in [4.69, 9.17) is 15.0 Å². The molecular formula is C77H82BN7. The van der Waals surface area contributed by atoms with E-state index in [1.165, 1.54) is 93.4 Å². The summed E-state index contributed by atoms with van der Waals surface area (Å²) in [5.41, 5.74) is 23.6. The van der Waals surface area contributed by atoms with Gasteiger partial charge in [0.1, 0.15) is 5.84 Å². The van der Waals surface area contributed by atoms with Gasteiger partial charge in [0.15, 0.2) is 17.5 Å². The van der Waals surface area contributed by atoms with Crippen molar-refractivity contribution in [3.63, 3.8) is 0 Å². The van der Waals surface area contributed by atoms with Gasteiger partial charge in [-0.2, -0.15) is 0 Å². The largest absolute Gasteiger partial charge is 0.373 e. The normalized spacial score (nSPS) is 13.6. The van der Waals surface area contributed by atoms with Crippen LogP contribution < -0.4 is 21.7 Å². The van der Waals surface area contributed by atoms with Crippen LogP contribution in [0.15, 0.2) is 140 Å². The topological polar surface area (TPSA) is 84.4 Å². The summed E-state index contributed by atoms with van der Waals surface area (Å²) in [7, 11) is 1.84. The highest BCUT2D eigenvalue weighted by atomic mass is 15.0. The number of amidine groups is 1. The molecule has 0 spiro atoms. The van der Waals surface area contributed by atoms with Crippen molar-refractivity contribution in [2.75, 3.05) is 7.05 Å². The molecule has 5 heterocycles. The highest BCUT2D eigenvalue weighted by molar-refractivity contribution is 7.00. The summed E-state index contributed by atoms with van der Waals surface area (Å²) < 4.78 is 5.20. The van der Waals surface area contributed by atoms with Crippen LogP contribution in [0.5, 0.6) is 0 Å². The van der Waals surface area contributed by atoms with Crippen LogP contribution in [0.4, 0.5) is 0 Å². The number of hydrogen-bond acceptors (Lipinski definition) is 4. The lowest BCUT2D eigenvalue weighted by molar-refractivity contribution is 0.590. The van der Waals surface area contributed by atoms with E-state index in [9.17, 15) is 5.41 Å². The second kappa shape index (κ2) is 18.7. The fraction of sp³-hybridized carbons (Fsp3) is 0.325. The maximum atomic E-state index is 9.80. The Balaban J connectivity index is 1.19. The standard InChI is InChI=1S/C77H82BN7/c1-72(2,3)46-27-23-43(24-28-46)69-81-70(44-25-29-47(30-26-44)73(4,5)6)83-71(82-69)53-22-20-21-52(68(79)80-19)64(53)45-35-62-65-63(36-45)85-61-34-32-49(75(10,11)12)38-55(61)57-40-51(77(16,17)18)42-59(67(57)85)78(65)58-41-50(76(13,14)15)39-56-54-37-48(74(7,8)9)31-33-60(54)84(62)66(56)58/h20-42H,1-19H3,(H2,79,80). The number of nitrogens with one attached hydrogen (secondary N) is 2. The molecule has 0 atom stereocenters. The summed E-state index contributed by atoms with van der Waals surface area (Å²) in [6.45, 7) is 41.5. The third kappa shape index (κ3) is 9.06. The number of benzene rings is 8. The molecule has 2 aliphatic rings. The summed E-state index contributed by atoms with van der Waals surface area (Å²) in [4.78, 5) is 16.3. The average molecular weight is 1120 g/mol. The van der Waals surface area contributed by atoms with Crippen molar-refractivity contribution < 1.29 is 0 Å². The third-order valence-corrected chi connectivity index (χ3v) is 18.5. The molecule has 0 aliphatic carbocycles. The highest BCUT2D eigenvalue weighted by Gasteiger charge is 2.43. The van der Waals surface area contributed by atoms with Crippen LogP contribution >= 0.6 is 0 Å². The number of aromatic nitrogens is 5. The molecular weight excluding hydrogens is 1030 g/mol. The first-order valence-electron chi connectivity index (χ1n) is 30.6. The van der Waals surface area contributed by atoms with Crippen LogP contribution in [0.25, 0.3) is 100 Å². The number of fused-ring (bicyclic) bond motifs is 10. The minimum Gasteiger partial charge on any atom is -0.373 e. The lowest BCUT2D eigenvalue weighted by atomic mass is 9.33. The van der Waals surface area contributed by atoms with Crippen LogP contribution in [-0.4, -0.2) is 43.7 Å². The van der Waals surface area contributed by atoms with Crippen LogP contribution in [0.2, 0.25) is 0 Å². The van der Waals surface area contributed by atoms with Crippen molar-refractivity contribution in [1.82, 2.24) is 29.4 Å². The molecule has 0 fully saturated rings. The van der Waals surface area contributed by atoms with Crippen LogP contribution in [0.3, 0.4) is 0 Å². The molecule has 0 bridgehead atoms. The molecule has 11 aromatic rings. The van der Waals surface area contributed by atoms with Crippen molar-refractivity contribution in [3.05, 3.63) is 178 Å². The molecule has 0 amide bonds. The number of nitrogens with zero attached hydrogens (tertiary/aromatic N) is 5. The molecule has 0 unspecified atom stereocenters. The van der Waals surface area contributed by atoms with E-state index < -0.39 is 0 Å². The van der Waals surface area contributed by atoms with Gasteiger partial charge < -0.3 is 14.5 Å². The van der Waals surface area contributed by atoms with Crippen LogP contribution in [-0.2, 0) is 32.5 Å². The Kier molecular flexibility index (Phi) is 12.3. The predicted octanol–water partition coefficient (Wildman–Crippen LogP) is 17.2. The van der Waals surface area contributed by atoms with E-state index >= 15 is 0 Å². The van der Waals surface area contributed by atoms with Crippen molar-refractivity contribution in [2.45, 2.75) is 157 Å². The first-order valence-corrected chi connectivity index (χ1v) is 30.6. The lowest BCUT2D eigenvalue weighted by Gasteiger charge is -2.36. The van der Waals surface area contributed by atoms with Crippen molar-refractivity contribution in [2.24, 2.45) is 0 Å². The molecule has 7 nitrogen and oxygen atoms in total. The zero-order chi connectivity index (χ0) is 60.6. The van der Waals surface area contributed by atoms with Gasteiger partial charge in [-0.15, -0.1) is 0 Å². The Morgan fingerprint density at radius 1 is 0.400 bits per heavy atom. The molecule has 3 aromatic heterocycles. The number of rotatable bonds is 5. The maximum absolute atomic E-state index is 9.80. The molecule has 8 aromatic carbocycles. The second-order valence-corrected chi connectivity index (χ2v) is 30.7. The molecule has 428 valence electrons. The summed E-state index contributed by atoms with van der Waals surface area (Å²) in [5, 5.41) is 18.2. The van der Waals surface area contributed by atoms with Crippen molar-refractivity contribution in [1.29, 1.82) is 5.41 Å². The zero-order valence-electron chi connectivity index (χ0n) is 53.6. The lowest BCUT2D eigenvalue weighted by Crippen LogP contribution is -2.59. The first kappa shape index (κ1) is 56.1. The Hall–Kier alpha value is -8.10. The third-order valence-electron chi connectivity index (χ3n) is 18.5. The SMILES string of the molecule is CNC(=N)c1cccc(-c2nc(-c3ccc(C(C)(C)C)cc3)nc(-c3ccc(C(C)(C)C)cc3)n2)c1-c1cc2c3c(c1)-n1c4ccc(C(C)(C)C)cc4c4cc(C(C)(C)C)cc(c41)B3c1cc(C(C)(C)C)cc3c4cc(C(C)(C)C)ccc4n-2c13. The van der Waals surface area contributed by atoms with Gasteiger partial charge in [-0.25, -0.2) is 15.0 Å². The van der Waals surface area contributed by atoms with Crippen molar-refractivity contribution in [3.8, 4) is 56.7 Å². The van der Waals surface area contributed by atoms with E-state index in [-0.39, 0.29) is 39.2 Å². The number of hydrogen-bond donors (Lipinski definition) is 2. The Labute approximate surface area is 504 Å². The van der Waals surface area contributed by atoms with E-state index in [1.807, 2.05) is 7.05 Å². The van der Waals surface area contributed by atoms with Crippen LogP contribution in [0.1, 0.15) is 164 Å². The van der Waals surface area contributed by atoms with E-state index in [2.05, 4.69) is 279 Å². The predicted molar refractivity (Wildman–Crippen MR) is 363 cm³/mol. The smallest absolute Gasteiger partial charge is 0.252 e. The summed E-state index contributed by atoms with van der Waals surface area (Å²) in [6.07, 6.45) is 0. The van der Waals surface area contributed by atoms with E-state index in [0.717, 1.165) is 44.8 Å². The molecule has 2 aliphatic heterocycles. The van der Waals surface area contributed by atoms with Crippen molar-refractivity contribution >= 4 is 72.5 Å². The summed E-state index contributed by atoms with van der Waals surface area (Å²) in [6, 6.07) is 53.1. The molecule has 13 rings (SSSR count). The first-order chi connectivity index (χ1) is 39.8. The maximum Gasteiger partial charge on any atom is 0.252 e. The minimum atomic E-state index is -0.123. The fourth-order valence-corrected chi connectivity index (χ4v) is 13.4. The summed E-state index contributed by atoms with van der Waals surface area (Å²) in [5.74, 6) is 2.02. The zero-order valence-corrected chi connectivity index (χ0v) is 53.6. The molecule has 85 heavy (non-hydrogen) atoms. The highest BCUT2D eigenvalue weighted by Crippen LogP contribution is 2.46. The summed E-state index contributed by atoms with van der Waals surface area (Å²) >= 11 is 0. The molecule has 0 saturated carbocycles. The Morgan fingerprint density at radius 3 is 1.16 bits per heavy atom. The van der Waals surface area contributed by atoms with Gasteiger partial charge in [-0.3, -0.25) is 5.41 Å². The van der Waals surface area contributed by atoms with Crippen LogP contribution in [0, 0.1) is 5.41 Å². The van der Waals surface area contributed by atoms with Gasteiger partial charge in [0, 0.05) is 78.8 Å².